The Kier molecular flexibility index (Phi) is 2.01. The Balaban J connectivity index is 2.37. The summed E-state index contributed by atoms with van der Waals surface area (Å²) in [5.74, 6) is 0. The van der Waals surface area contributed by atoms with Crippen molar-refractivity contribution < 1.29 is 0 Å². The topological polar surface area (TPSA) is 0 Å². The highest BCUT2D eigenvalue weighted by Gasteiger charge is 2.08. The maximum Gasteiger partial charge on any atom is 0.0243 e. The molecule has 3 aromatic carbocycles. The molecule has 0 saturated carbocycles. The van der Waals surface area contributed by atoms with Crippen LogP contribution in [0, 0.1) is 13.8 Å². The van der Waals surface area contributed by atoms with E-state index in [0.29, 0.717) is 0 Å². The van der Waals surface area contributed by atoms with Gasteiger partial charge in [0, 0.05) is 5.22 Å². The molecule has 0 unspecified atom stereocenters. The van der Waals surface area contributed by atoms with Crippen LogP contribution in [0.2, 0.25) is 0 Å². The minimum atomic E-state index is 1.21. The van der Waals surface area contributed by atoms with Crippen molar-refractivity contribution in [3.63, 3.8) is 0 Å². The first-order valence-electron chi connectivity index (χ1n) is 6.64. The van der Waals surface area contributed by atoms with Gasteiger partial charge in [-0.1, -0.05) is 24.3 Å². The standard InChI is InChI=1S/C19H14/c1-12-16-8-3-4-9-17(16)13(2)19-11-15-7-5-6-14(15)10-18(12)19/h3-6,8-11H,1-2H3. The van der Waals surface area contributed by atoms with Crippen LogP contribution in [-0.4, -0.2) is 0 Å². The molecular weight excluding hydrogens is 228 g/mol. The van der Waals surface area contributed by atoms with E-state index in [1.165, 1.54) is 43.1 Å². The van der Waals surface area contributed by atoms with Gasteiger partial charge in [-0.25, -0.2) is 0 Å². The van der Waals surface area contributed by atoms with Crippen LogP contribution in [0.25, 0.3) is 33.4 Å². The number of hydrogen-bond donors (Lipinski definition) is 0. The summed E-state index contributed by atoms with van der Waals surface area (Å²) in [5, 5.41) is 7.94. The number of allylic oxidation sites excluding steroid dienone is 1. The molecule has 4 rings (SSSR count). The van der Waals surface area contributed by atoms with E-state index in [9.17, 15) is 0 Å². The van der Waals surface area contributed by atoms with Crippen LogP contribution < -0.4 is 10.4 Å². The highest BCUT2D eigenvalue weighted by Crippen LogP contribution is 2.30. The fraction of sp³-hybridized carbons (Fsp3) is 0.105. The SMILES string of the molecule is Cc1c2ccccc2c(C)c2cc3c(cc12)=C=CC=3. The van der Waals surface area contributed by atoms with E-state index >= 15 is 0 Å². The van der Waals surface area contributed by atoms with E-state index in [1.54, 1.807) is 0 Å². The molecule has 3 aromatic rings. The second kappa shape index (κ2) is 3.60. The van der Waals surface area contributed by atoms with E-state index < -0.39 is 0 Å². The molecule has 0 saturated heterocycles. The van der Waals surface area contributed by atoms with Crippen molar-refractivity contribution in [2.45, 2.75) is 13.8 Å². The first-order valence-corrected chi connectivity index (χ1v) is 6.64. The average Bonchev–Trinajstić information content (AvgIpc) is 2.90. The van der Waals surface area contributed by atoms with Crippen molar-refractivity contribution in [3.8, 4) is 0 Å². The smallest absolute Gasteiger partial charge is 0.0243 e. The van der Waals surface area contributed by atoms with Gasteiger partial charge in [-0.2, -0.15) is 0 Å². The largest absolute Gasteiger partial charge is 0.112 e. The molecule has 0 amide bonds. The Hall–Kier alpha value is -2.30. The summed E-state index contributed by atoms with van der Waals surface area (Å²) in [6.45, 7) is 4.45. The van der Waals surface area contributed by atoms with Crippen molar-refractivity contribution >= 4 is 33.4 Å². The molecular formula is C19H14. The Bertz CT molecular complexity index is 998. The van der Waals surface area contributed by atoms with E-state index in [0.717, 1.165) is 0 Å². The Morgan fingerprint density at radius 3 is 2.11 bits per heavy atom. The molecule has 0 radical (unpaired) electrons. The normalized spacial score (nSPS) is 12.5. The molecule has 1 aliphatic rings. The predicted molar refractivity (Wildman–Crippen MR) is 82.6 cm³/mol. The molecule has 0 atom stereocenters. The molecule has 0 heterocycles. The quantitative estimate of drug-likeness (QED) is 0.530. The molecule has 19 heavy (non-hydrogen) atoms. The van der Waals surface area contributed by atoms with E-state index in [4.69, 9.17) is 0 Å². The molecule has 90 valence electrons. The van der Waals surface area contributed by atoms with Gasteiger partial charge in [-0.05, 0) is 76.0 Å². The molecule has 0 heteroatoms. The lowest BCUT2D eigenvalue weighted by Crippen LogP contribution is -2.21. The molecule has 0 spiro atoms. The average molecular weight is 242 g/mol. The highest BCUT2D eigenvalue weighted by molar-refractivity contribution is 6.05. The zero-order chi connectivity index (χ0) is 13.0. The molecule has 0 nitrogen and oxygen atoms in total. The van der Waals surface area contributed by atoms with Crippen LogP contribution in [0.15, 0.2) is 42.5 Å². The zero-order valence-electron chi connectivity index (χ0n) is 11.1. The van der Waals surface area contributed by atoms with Gasteiger partial charge >= 0.3 is 0 Å². The van der Waals surface area contributed by atoms with Crippen LogP contribution in [0.1, 0.15) is 11.1 Å². The first-order chi connectivity index (χ1) is 9.25. The van der Waals surface area contributed by atoms with Crippen molar-refractivity contribution in [3.05, 3.63) is 64.0 Å². The second-order valence-corrected chi connectivity index (χ2v) is 5.26. The zero-order valence-corrected chi connectivity index (χ0v) is 11.1. The van der Waals surface area contributed by atoms with Crippen LogP contribution in [0.4, 0.5) is 0 Å². The molecule has 0 aliphatic heterocycles. The minimum Gasteiger partial charge on any atom is -0.112 e. The molecule has 0 fully saturated rings. The fourth-order valence-electron chi connectivity index (χ4n) is 3.15. The monoisotopic (exact) mass is 242 g/mol. The number of fused-ring (bicyclic) bond motifs is 3. The maximum absolute atomic E-state index is 3.31. The number of hydrogen-bond acceptors (Lipinski definition) is 0. The first kappa shape index (κ1) is 10.6. The third-order valence-corrected chi connectivity index (χ3v) is 4.23. The van der Waals surface area contributed by atoms with E-state index in [-0.39, 0.29) is 0 Å². The second-order valence-electron chi connectivity index (χ2n) is 5.26. The van der Waals surface area contributed by atoms with E-state index in [2.05, 4.69) is 62.1 Å². The van der Waals surface area contributed by atoms with Gasteiger partial charge in [0.05, 0.1) is 0 Å². The van der Waals surface area contributed by atoms with Gasteiger partial charge in [0.25, 0.3) is 0 Å². The van der Waals surface area contributed by atoms with Crippen molar-refractivity contribution in [1.82, 2.24) is 0 Å². The van der Waals surface area contributed by atoms with Crippen LogP contribution in [0.5, 0.6) is 0 Å². The van der Waals surface area contributed by atoms with Crippen LogP contribution in [-0.2, 0) is 0 Å². The number of benzene rings is 3. The number of rotatable bonds is 0. The van der Waals surface area contributed by atoms with Crippen molar-refractivity contribution in [1.29, 1.82) is 0 Å². The lowest BCUT2D eigenvalue weighted by Gasteiger charge is -2.11. The third-order valence-electron chi connectivity index (χ3n) is 4.23. The Morgan fingerprint density at radius 1 is 0.789 bits per heavy atom. The lowest BCUT2D eigenvalue weighted by molar-refractivity contribution is 1.49. The fourth-order valence-corrected chi connectivity index (χ4v) is 3.15. The van der Waals surface area contributed by atoms with Crippen LogP contribution in [0.3, 0.4) is 0 Å². The van der Waals surface area contributed by atoms with E-state index in [1.807, 2.05) is 6.08 Å². The Morgan fingerprint density at radius 2 is 1.42 bits per heavy atom. The number of aryl methyl sites for hydroxylation is 2. The van der Waals surface area contributed by atoms with Crippen molar-refractivity contribution in [2.75, 3.05) is 0 Å². The highest BCUT2D eigenvalue weighted by atomic mass is 14.1. The summed E-state index contributed by atoms with van der Waals surface area (Å²) in [6.07, 6.45) is 4.15. The summed E-state index contributed by atoms with van der Waals surface area (Å²) in [4.78, 5) is 0. The molecule has 0 aromatic heterocycles. The Labute approximate surface area is 112 Å². The molecule has 1 aliphatic carbocycles. The van der Waals surface area contributed by atoms with Gasteiger partial charge < -0.3 is 0 Å². The predicted octanol–water partition coefficient (Wildman–Crippen LogP) is 3.34. The maximum atomic E-state index is 3.31. The van der Waals surface area contributed by atoms with Gasteiger partial charge in [-0.3, -0.25) is 0 Å². The minimum absolute atomic E-state index is 1.21. The molecule has 0 N–H and O–H groups in total. The summed E-state index contributed by atoms with van der Waals surface area (Å²) < 4.78 is 0. The summed E-state index contributed by atoms with van der Waals surface area (Å²) in [6, 6.07) is 13.3. The molecule has 0 bridgehead atoms. The summed E-state index contributed by atoms with van der Waals surface area (Å²) >= 11 is 0. The lowest BCUT2D eigenvalue weighted by atomic mass is 9.92. The van der Waals surface area contributed by atoms with Gasteiger partial charge in [0.2, 0.25) is 0 Å². The van der Waals surface area contributed by atoms with Crippen LogP contribution >= 0.6 is 0 Å². The van der Waals surface area contributed by atoms with Gasteiger partial charge in [0.15, 0.2) is 0 Å². The summed E-state index contributed by atoms with van der Waals surface area (Å²) in [5.41, 5.74) is 6.05. The summed E-state index contributed by atoms with van der Waals surface area (Å²) in [7, 11) is 0. The van der Waals surface area contributed by atoms with Crippen molar-refractivity contribution in [2.24, 2.45) is 0 Å². The third kappa shape index (κ3) is 1.35. The van der Waals surface area contributed by atoms with Gasteiger partial charge in [-0.15, -0.1) is 5.73 Å². The van der Waals surface area contributed by atoms with Gasteiger partial charge in [0.1, 0.15) is 0 Å².